The summed E-state index contributed by atoms with van der Waals surface area (Å²) in [5, 5.41) is -0.245. The van der Waals surface area contributed by atoms with Crippen LogP contribution in [0, 0.1) is 5.82 Å². The molecule has 0 spiro atoms. The molecule has 0 bridgehead atoms. The summed E-state index contributed by atoms with van der Waals surface area (Å²) < 4.78 is 38.0. The van der Waals surface area contributed by atoms with Gasteiger partial charge < -0.3 is 0 Å². The van der Waals surface area contributed by atoms with Gasteiger partial charge in [-0.3, -0.25) is 11.3 Å². The topological polar surface area (TPSA) is 72.2 Å². The minimum Gasteiger partial charge on any atom is -0.271 e. The van der Waals surface area contributed by atoms with Crippen LogP contribution in [-0.2, 0) is 16.3 Å². The number of hydrogen-bond acceptors (Lipinski definition) is 4. The second-order valence-corrected chi connectivity index (χ2v) is 7.89. The molecule has 0 radical (unpaired) electrons. The zero-order chi connectivity index (χ0) is 14.8. The smallest absolute Gasteiger partial charge is 0.154 e. The summed E-state index contributed by atoms with van der Waals surface area (Å²) in [7, 11) is -3.17. The molecule has 3 N–H and O–H groups in total. The zero-order valence-electron chi connectivity index (χ0n) is 11.0. The number of hydrazine groups is 1. The Balaban J connectivity index is 2.20. The second-order valence-electron chi connectivity index (χ2n) is 5.11. The van der Waals surface area contributed by atoms with Crippen LogP contribution in [0.3, 0.4) is 0 Å². The summed E-state index contributed by atoms with van der Waals surface area (Å²) in [5.74, 6) is 5.23. The lowest BCUT2D eigenvalue weighted by molar-refractivity contribution is 0.435. The Morgan fingerprint density at radius 3 is 2.80 bits per heavy atom. The highest BCUT2D eigenvalue weighted by Crippen LogP contribution is 2.25. The summed E-state index contributed by atoms with van der Waals surface area (Å²) in [6.07, 6.45) is 2.33. The van der Waals surface area contributed by atoms with Crippen molar-refractivity contribution in [3.8, 4) is 0 Å². The normalized spacial score (nSPS) is 23.4. The fraction of sp³-hybridized carbons (Fsp3) is 0.538. The number of nitrogens with two attached hydrogens (primary N) is 1. The molecule has 1 saturated heterocycles. The van der Waals surface area contributed by atoms with Gasteiger partial charge in [-0.1, -0.05) is 24.1 Å². The van der Waals surface area contributed by atoms with Crippen LogP contribution in [0.25, 0.3) is 0 Å². The molecular weight excluding hydrogens is 303 g/mol. The van der Waals surface area contributed by atoms with E-state index in [1.807, 2.05) is 0 Å². The number of benzene rings is 1. The van der Waals surface area contributed by atoms with Gasteiger partial charge in [0, 0.05) is 11.1 Å². The maximum absolute atomic E-state index is 13.8. The quantitative estimate of drug-likeness (QED) is 0.655. The van der Waals surface area contributed by atoms with Crippen molar-refractivity contribution < 1.29 is 12.8 Å². The monoisotopic (exact) mass is 320 g/mol. The maximum Gasteiger partial charge on any atom is 0.154 e. The van der Waals surface area contributed by atoms with Gasteiger partial charge in [0.25, 0.3) is 0 Å². The Hall–Kier alpha value is -0.690. The molecule has 1 aliphatic rings. The molecule has 7 heteroatoms. The van der Waals surface area contributed by atoms with Gasteiger partial charge >= 0.3 is 0 Å². The average Bonchev–Trinajstić information content (AvgIpc) is 2.38. The van der Waals surface area contributed by atoms with Crippen LogP contribution in [-0.4, -0.2) is 25.5 Å². The van der Waals surface area contributed by atoms with Gasteiger partial charge in [0.1, 0.15) is 5.82 Å². The van der Waals surface area contributed by atoms with E-state index in [1.165, 1.54) is 6.07 Å². The van der Waals surface area contributed by atoms with Crippen LogP contribution >= 0.6 is 11.6 Å². The summed E-state index contributed by atoms with van der Waals surface area (Å²) in [6, 6.07) is 3.89. The van der Waals surface area contributed by atoms with Crippen molar-refractivity contribution in [3.63, 3.8) is 0 Å². The van der Waals surface area contributed by atoms with Crippen LogP contribution in [0.5, 0.6) is 0 Å². The van der Waals surface area contributed by atoms with Gasteiger partial charge in [0.2, 0.25) is 0 Å². The third-order valence-electron chi connectivity index (χ3n) is 3.75. The van der Waals surface area contributed by atoms with E-state index < -0.39 is 26.9 Å². The molecule has 112 valence electrons. The molecule has 1 aliphatic heterocycles. The molecule has 1 aromatic rings. The van der Waals surface area contributed by atoms with E-state index in [9.17, 15) is 12.8 Å². The minimum absolute atomic E-state index is 0.180. The number of nitrogens with one attached hydrogen (secondary N) is 1. The summed E-state index contributed by atoms with van der Waals surface area (Å²) in [5.41, 5.74) is 2.95. The number of hydrogen-bond donors (Lipinski definition) is 2. The van der Waals surface area contributed by atoms with Crippen molar-refractivity contribution in [1.29, 1.82) is 0 Å². The highest BCUT2D eigenvalue weighted by atomic mass is 35.5. The first-order valence-electron chi connectivity index (χ1n) is 6.55. The van der Waals surface area contributed by atoms with Gasteiger partial charge in [0.15, 0.2) is 9.84 Å². The van der Waals surface area contributed by atoms with Crippen LogP contribution < -0.4 is 11.3 Å². The first-order valence-corrected chi connectivity index (χ1v) is 8.65. The van der Waals surface area contributed by atoms with E-state index in [2.05, 4.69) is 5.43 Å². The molecule has 1 heterocycles. The van der Waals surface area contributed by atoms with Crippen LogP contribution in [0.4, 0.5) is 4.39 Å². The Labute approximate surface area is 123 Å². The van der Waals surface area contributed by atoms with Crippen molar-refractivity contribution in [1.82, 2.24) is 5.43 Å². The van der Waals surface area contributed by atoms with Gasteiger partial charge in [-0.05, 0) is 37.0 Å². The Morgan fingerprint density at radius 2 is 2.20 bits per heavy atom. The lowest BCUT2D eigenvalue weighted by atomic mass is 9.99. The molecule has 20 heavy (non-hydrogen) atoms. The molecule has 0 saturated carbocycles. The van der Waals surface area contributed by atoms with E-state index in [-0.39, 0.29) is 12.2 Å². The molecule has 2 unspecified atom stereocenters. The van der Waals surface area contributed by atoms with E-state index in [1.54, 1.807) is 12.1 Å². The van der Waals surface area contributed by atoms with Crippen LogP contribution in [0.2, 0.25) is 5.02 Å². The van der Waals surface area contributed by atoms with Crippen molar-refractivity contribution in [2.24, 2.45) is 5.84 Å². The average molecular weight is 321 g/mol. The van der Waals surface area contributed by atoms with Crippen molar-refractivity contribution in [2.75, 3.05) is 5.75 Å². The first-order chi connectivity index (χ1) is 9.44. The fourth-order valence-electron chi connectivity index (χ4n) is 2.65. The second kappa shape index (κ2) is 6.39. The van der Waals surface area contributed by atoms with E-state index in [4.69, 9.17) is 17.4 Å². The molecule has 2 atom stereocenters. The maximum atomic E-state index is 13.8. The highest BCUT2D eigenvalue weighted by molar-refractivity contribution is 7.92. The molecule has 0 aromatic heterocycles. The lowest BCUT2D eigenvalue weighted by Crippen LogP contribution is -2.50. The standard InChI is InChI=1S/C13H18ClFN2O2S/c14-10-5-4-9(11(15)8-10)7-12(17-16)13-3-1-2-6-20(13,18)19/h4-5,8,12-13,17H,1-3,6-7,16H2. The summed E-state index contributed by atoms with van der Waals surface area (Å²) in [6.45, 7) is 0. The molecule has 0 amide bonds. The molecule has 4 nitrogen and oxygen atoms in total. The summed E-state index contributed by atoms with van der Waals surface area (Å²) >= 11 is 5.71. The zero-order valence-corrected chi connectivity index (χ0v) is 12.6. The van der Waals surface area contributed by atoms with Crippen molar-refractivity contribution in [2.45, 2.75) is 37.0 Å². The number of rotatable bonds is 4. The first kappa shape index (κ1) is 15.7. The molecule has 1 aromatic carbocycles. The molecule has 1 fully saturated rings. The Bertz CT molecular complexity index is 580. The predicted octanol–water partition coefficient (Wildman–Crippen LogP) is 1.82. The summed E-state index contributed by atoms with van der Waals surface area (Å²) in [4.78, 5) is 0. The van der Waals surface area contributed by atoms with Gasteiger partial charge in [-0.15, -0.1) is 0 Å². The Kier molecular flexibility index (Phi) is 5.01. The Morgan fingerprint density at radius 1 is 1.45 bits per heavy atom. The third-order valence-corrected chi connectivity index (χ3v) is 6.33. The van der Waals surface area contributed by atoms with Crippen molar-refractivity contribution >= 4 is 21.4 Å². The van der Waals surface area contributed by atoms with E-state index >= 15 is 0 Å². The fourth-order valence-corrected chi connectivity index (χ4v) is 4.92. The minimum atomic E-state index is -3.17. The predicted molar refractivity (Wildman–Crippen MR) is 77.7 cm³/mol. The SMILES string of the molecule is NNC(Cc1ccc(Cl)cc1F)C1CCCCS1(=O)=O. The van der Waals surface area contributed by atoms with Gasteiger partial charge in [0.05, 0.1) is 11.0 Å². The van der Waals surface area contributed by atoms with Gasteiger partial charge in [-0.25, -0.2) is 12.8 Å². The number of halogens is 2. The van der Waals surface area contributed by atoms with Crippen molar-refractivity contribution in [3.05, 3.63) is 34.6 Å². The van der Waals surface area contributed by atoms with E-state index in [0.29, 0.717) is 23.4 Å². The van der Waals surface area contributed by atoms with E-state index in [0.717, 1.165) is 6.42 Å². The highest BCUT2D eigenvalue weighted by Gasteiger charge is 2.35. The van der Waals surface area contributed by atoms with Crippen LogP contribution in [0.1, 0.15) is 24.8 Å². The largest absolute Gasteiger partial charge is 0.271 e. The molecular formula is C13H18ClFN2O2S. The third kappa shape index (κ3) is 3.49. The van der Waals surface area contributed by atoms with Crippen LogP contribution in [0.15, 0.2) is 18.2 Å². The molecule has 2 rings (SSSR count). The lowest BCUT2D eigenvalue weighted by Gasteiger charge is -2.29. The van der Waals surface area contributed by atoms with Gasteiger partial charge in [-0.2, -0.15) is 0 Å². The molecule has 0 aliphatic carbocycles. The number of sulfone groups is 1.